The van der Waals surface area contributed by atoms with E-state index in [0.29, 0.717) is 5.56 Å². The average molecular weight is 334 g/mol. The van der Waals surface area contributed by atoms with E-state index in [9.17, 15) is 18.8 Å². The summed E-state index contributed by atoms with van der Waals surface area (Å²) < 4.78 is 18.3. The quantitative estimate of drug-likeness (QED) is 0.660. The van der Waals surface area contributed by atoms with Crippen LogP contribution in [-0.2, 0) is 19.1 Å². The van der Waals surface area contributed by atoms with Crippen molar-refractivity contribution >= 4 is 17.8 Å². The lowest BCUT2D eigenvalue weighted by atomic mass is 9.80. The van der Waals surface area contributed by atoms with Crippen LogP contribution in [0.1, 0.15) is 25.5 Å². The van der Waals surface area contributed by atoms with Gasteiger partial charge in [-0.25, -0.2) is 4.39 Å². The summed E-state index contributed by atoms with van der Waals surface area (Å²) >= 11 is 0. The van der Waals surface area contributed by atoms with E-state index < -0.39 is 41.1 Å². The normalized spacial score (nSPS) is 32.2. The lowest BCUT2D eigenvalue weighted by Crippen LogP contribution is -2.53. The number of rotatable bonds is 3. The van der Waals surface area contributed by atoms with E-state index in [1.807, 2.05) is 0 Å². The highest BCUT2D eigenvalue weighted by Gasteiger charge is 2.66. The van der Waals surface area contributed by atoms with Gasteiger partial charge in [-0.05, 0) is 31.5 Å². The smallest absolute Gasteiger partial charge is 0.326 e. The maximum absolute atomic E-state index is 13.2. The molecule has 2 heterocycles. The largest absolute Gasteiger partial charge is 0.465 e. The predicted molar refractivity (Wildman–Crippen MR) is 82.1 cm³/mol. The fourth-order valence-corrected chi connectivity index (χ4v) is 3.71. The van der Waals surface area contributed by atoms with Crippen molar-refractivity contribution in [3.8, 4) is 0 Å². The fourth-order valence-electron chi connectivity index (χ4n) is 3.71. The Kier molecular flexibility index (Phi) is 3.91. The molecule has 4 unspecified atom stereocenters. The van der Waals surface area contributed by atoms with Gasteiger partial charge in [0.2, 0.25) is 11.8 Å². The van der Waals surface area contributed by atoms with Gasteiger partial charge in [0.15, 0.2) is 0 Å². The molecule has 1 N–H and O–H groups in total. The number of likely N-dealkylation sites (tertiary alicyclic amines) is 1. The highest BCUT2D eigenvalue weighted by molar-refractivity contribution is 6.09. The van der Waals surface area contributed by atoms with Crippen LogP contribution in [0.3, 0.4) is 0 Å². The van der Waals surface area contributed by atoms with Gasteiger partial charge < -0.3 is 4.74 Å². The molecule has 0 aliphatic carbocycles. The zero-order valence-electron chi connectivity index (χ0n) is 13.7. The summed E-state index contributed by atoms with van der Waals surface area (Å²) in [7, 11) is 1.41. The summed E-state index contributed by atoms with van der Waals surface area (Å²) in [6, 6.07) is 5.12. The van der Waals surface area contributed by atoms with Gasteiger partial charge in [-0.3, -0.25) is 24.6 Å². The Bertz CT molecular complexity index is 705. The summed E-state index contributed by atoms with van der Waals surface area (Å²) in [5.74, 6) is -3.28. The molecular weight excluding hydrogens is 315 g/mol. The SMILES string of the molecule is CCOC(=O)C1(C)NC(c2ccc(F)cc2)C2C(=O)N(C)C(=O)C21. The molecule has 7 heteroatoms. The number of amides is 2. The Morgan fingerprint density at radius 3 is 2.50 bits per heavy atom. The predicted octanol–water partition coefficient (Wildman–Crippen LogP) is 1.02. The number of hydrogen-bond acceptors (Lipinski definition) is 5. The van der Waals surface area contributed by atoms with Gasteiger partial charge in [0.1, 0.15) is 11.4 Å². The third-order valence-electron chi connectivity index (χ3n) is 4.94. The number of fused-ring (bicyclic) bond motifs is 1. The summed E-state index contributed by atoms with van der Waals surface area (Å²) in [6.07, 6.45) is 0. The van der Waals surface area contributed by atoms with Crippen molar-refractivity contribution in [2.24, 2.45) is 11.8 Å². The molecule has 4 atom stereocenters. The first-order valence-corrected chi connectivity index (χ1v) is 7.83. The third-order valence-corrected chi connectivity index (χ3v) is 4.94. The molecule has 0 bridgehead atoms. The second-order valence-electron chi connectivity index (χ2n) is 6.34. The van der Waals surface area contributed by atoms with Crippen LogP contribution in [0.15, 0.2) is 24.3 Å². The monoisotopic (exact) mass is 334 g/mol. The van der Waals surface area contributed by atoms with Crippen molar-refractivity contribution < 1.29 is 23.5 Å². The summed E-state index contributed by atoms with van der Waals surface area (Å²) in [4.78, 5) is 38.6. The Morgan fingerprint density at radius 1 is 1.29 bits per heavy atom. The average Bonchev–Trinajstić information content (AvgIpc) is 2.99. The van der Waals surface area contributed by atoms with E-state index in [-0.39, 0.29) is 12.5 Å². The molecule has 2 fully saturated rings. The lowest BCUT2D eigenvalue weighted by molar-refractivity contribution is -0.155. The minimum absolute atomic E-state index is 0.173. The van der Waals surface area contributed by atoms with E-state index in [4.69, 9.17) is 4.74 Å². The number of nitrogens with zero attached hydrogens (tertiary/aromatic N) is 1. The summed E-state index contributed by atoms with van der Waals surface area (Å²) in [5, 5.41) is 3.11. The van der Waals surface area contributed by atoms with Crippen molar-refractivity contribution in [1.82, 2.24) is 10.2 Å². The first-order chi connectivity index (χ1) is 11.3. The number of nitrogens with one attached hydrogen (secondary N) is 1. The third kappa shape index (κ3) is 2.23. The number of carbonyl (C=O) groups is 3. The van der Waals surface area contributed by atoms with Crippen LogP contribution in [0.2, 0.25) is 0 Å². The van der Waals surface area contributed by atoms with Crippen LogP contribution in [0, 0.1) is 17.7 Å². The molecule has 3 rings (SSSR count). The molecule has 2 aliphatic heterocycles. The highest BCUT2D eigenvalue weighted by Crippen LogP contribution is 2.48. The van der Waals surface area contributed by atoms with Crippen LogP contribution in [0.25, 0.3) is 0 Å². The van der Waals surface area contributed by atoms with E-state index in [1.54, 1.807) is 26.0 Å². The van der Waals surface area contributed by atoms with E-state index in [1.165, 1.54) is 19.2 Å². The Hall–Kier alpha value is -2.28. The molecule has 2 amide bonds. The van der Waals surface area contributed by atoms with Gasteiger partial charge in [0.25, 0.3) is 0 Å². The Balaban J connectivity index is 2.06. The standard InChI is InChI=1S/C17H19FN2O4/c1-4-24-16(23)17(2)12-11(14(21)20(3)15(12)22)13(19-17)9-5-7-10(18)8-6-9/h5-8,11-13,19H,4H2,1-3H3. The number of imide groups is 1. The topological polar surface area (TPSA) is 75.7 Å². The number of benzene rings is 1. The number of hydrogen-bond donors (Lipinski definition) is 1. The van der Waals surface area contributed by atoms with E-state index in [2.05, 4.69) is 5.32 Å². The maximum Gasteiger partial charge on any atom is 0.326 e. The van der Waals surface area contributed by atoms with Crippen LogP contribution in [0.4, 0.5) is 4.39 Å². The second kappa shape index (κ2) is 5.66. The minimum Gasteiger partial charge on any atom is -0.465 e. The van der Waals surface area contributed by atoms with Crippen molar-refractivity contribution in [3.63, 3.8) is 0 Å². The molecule has 0 saturated carbocycles. The summed E-state index contributed by atoms with van der Waals surface area (Å²) in [5.41, 5.74) is -0.659. The van der Waals surface area contributed by atoms with Gasteiger partial charge in [-0.2, -0.15) is 0 Å². The van der Waals surface area contributed by atoms with Gasteiger partial charge in [0.05, 0.1) is 18.4 Å². The number of ether oxygens (including phenoxy) is 1. The van der Waals surface area contributed by atoms with Gasteiger partial charge in [-0.15, -0.1) is 0 Å². The van der Waals surface area contributed by atoms with Crippen LogP contribution in [-0.4, -0.2) is 41.9 Å². The first-order valence-electron chi connectivity index (χ1n) is 7.83. The Labute approximate surface area is 139 Å². The first kappa shape index (κ1) is 16.6. The molecule has 2 aliphatic rings. The molecule has 24 heavy (non-hydrogen) atoms. The van der Waals surface area contributed by atoms with Crippen molar-refractivity contribution in [3.05, 3.63) is 35.6 Å². The van der Waals surface area contributed by atoms with Crippen LogP contribution < -0.4 is 5.32 Å². The number of esters is 1. The molecule has 0 radical (unpaired) electrons. The van der Waals surface area contributed by atoms with Gasteiger partial charge >= 0.3 is 5.97 Å². The second-order valence-corrected chi connectivity index (χ2v) is 6.34. The summed E-state index contributed by atoms with van der Waals surface area (Å²) in [6.45, 7) is 3.43. The fraction of sp³-hybridized carbons (Fsp3) is 0.471. The van der Waals surface area contributed by atoms with Crippen molar-refractivity contribution in [2.45, 2.75) is 25.4 Å². The van der Waals surface area contributed by atoms with Crippen LogP contribution in [0.5, 0.6) is 0 Å². The minimum atomic E-state index is -1.31. The molecule has 2 saturated heterocycles. The van der Waals surface area contributed by atoms with E-state index >= 15 is 0 Å². The lowest BCUT2D eigenvalue weighted by Gasteiger charge is -2.28. The van der Waals surface area contributed by atoms with Crippen molar-refractivity contribution in [2.75, 3.05) is 13.7 Å². The number of halogens is 1. The molecule has 1 aromatic rings. The molecule has 0 spiro atoms. The highest BCUT2D eigenvalue weighted by atomic mass is 19.1. The Morgan fingerprint density at radius 2 is 1.92 bits per heavy atom. The maximum atomic E-state index is 13.2. The molecule has 0 aromatic heterocycles. The molecule has 1 aromatic carbocycles. The number of carbonyl (C=O) groups excluding carboxylic acids is 3. The van der Waals surface area contributed by atoms with E-state index in [0.717, 1.165) is 4.90 Å². The molecular formula is C17H19FN2O4. The van der Waals surface area contributed by atoms with Gasteiger partial charge in [0, 0.05) is 13.1 Å². The van der Waals surface area contributed by atoms with Crippen molar-refractivity contribution in [1.29, 1.82) is 0 Å². The zero-order chi connectivity index (χ0) is 17.6. The molecule has 128 valence electrons. The van der Waals surface area contributed by atoms with Crippen LogP contribution >= 0.6 is 0 Å². The molecule has 6 nitrogen and oxygen atoms in total. The van der Waals surface area contributed by atoms with Gasteiger partial charge in [-0.1, -0.05) is 12.1 Å². The zero-order valence-corrected chi connectivity index (χ0v) is 13.7.